The first-order valence-electron chi connectivity index (χ1n) is 9.77. The molecule has 0 saturated carbocycles. The molecule has 3 rings (SSSR count). The summed E-state index contributed by atoms with van der Waals surface area (Å²) in [6.07, 6.45) is 0. The first-order valence-corrected chi connectivity index (χ1v) is 10.8. The van der Waals surface area contributed by atoms with Crippen molar-refractivity contribution in [3.8, 4) is 0 Å². The second-order valence-corrected chi connectivity index (χ2v) is 8.45. The largest absolute Gasteiger partial charge is 0.331 e. The number of carbonyl (C=O) groups is 2. The van der Waals surface area contributed by atoms with Crippen LogP contribution in [-0.2, 0) is 9.59 Å². The molecule has 1 aliphatic rings. The minimum absolute atomic E-state index is 0.136. The molecular formula is C22H27FN3O2S+. The molecule has 2 N–H and O–H groups in total. The van der Waals surface area contributed by atoms with Crippen LogP contribution in [0.3, 0.4) is 0 Å². The number of rotatable bonds is 6. The maximum absolute atomic E-state index is 13.2. The Morgan fingerprint density at radius 1 is 1.10 bits per heavy atom. The zero-order valence-corrected chi connectivity index (χ0v) is 17.7. The van der Waals surface area contributed by atoms with Crippen LogP contribution in [0.15, 0.2) is 47.4 Å². The second-order valence-electron chi connectivity index (χ2n) is 7.40. The van der Waals surface area contributed by atoms with Crippen molar-refractivity contribution in [1.82, 2.24) is 4.90 Å². The Kier molecular flexibility index (Phi) is 7.28. The first-order chi connectivity index (χ1) is 13.9. The Morgan fingerprint density at radius 2 is 1.86 bits per heavy atom. The van der Waals surface area contributed by atoms with Crippen molar-refractivity contribution in [2.75, 3.05) is 43.8 Å². The molecule has 154 valence electrons. The van der Waals surface area contributed by atoms with E-state index in [1.54, 1.807) is 23.9 Å². The van der Waals surface area contributed by atoms with Gasteiger partial charge in [-0.15, -0.1) is 11.8 Å². The summed E-state index contributed by atoms with van der Waals surface area (Å²) in [6, 6.07) is 12.1. The minimum atomic E-state index is -0.374. The predicted molar refractivity (Wildman–Crippen MR) is 114 cm³/mol. The highest BCUT2D eigenvalue weighted by molar-refractivity contribution is 8.00. The minimum Gasteiger partial charge on any atom is -0.331 e. The van der Waals surface area contributed by atoms with Gasteiger partial charge in [0.05, 0.1) is 31.9 Å². The van der Waals surface area contributed by atoms with E-state index in [4.69, 9.17) is 0 Å². The van der Waals surface area contributed by atoms with Crippen LogP contribution in [0.25, 0.3) is 0 Å². The van der Waals surface area contributed by atoms with Crippen molar-refractivity contribution in [3.63, 3.8) is 0 Å². The highest BCUT2D eigenvalue weighted by Crippen LogP contribution is 2.21. The number of anilines is 1. The summed E-state index contributed by atoms with van der Waals surface area (Å²) in [7, 11) is 0. The number of carbonyl (C=O) groups excluding carboxylic acids is 2. The van der Waals surface area contributed by atoms with E-state index in [0.717, 1.165) is 22.9 Å². The third kappa shape index (κ3) is 6.30. The molecule has 29 heavy (non-hydrogen) atoms. The standard InChI is InChI=1S/C22H26FN3O2S/c1-16-6-7-20(12-17(16)2)29-15-22(28)26-10-8-25(9-11-26)14-21(27)24-19-5-3-4-18(23)13-19/h3-7,12-13H,8-11,14-15H2,1-2H3,(H,24,27)/p+1. The molecule has 1 saturated heterocycles. The van der Waals surface area contributed by atoms with Crippen LogP contribution in [0.1, 0.15) is 11.1 Å². The normalized spacial score (nSPS) is 14.7. The molecule has 5 nitrogen and oxygen atoms in total. The van der Waals surface area contributed by atoms with E-state index in [0.29, 0.717) is 31.1 Å². The van der Waals surface area contributed by atoms with Crippen LogP contribution in [0.5, 0.6) is 0 Å². The SMILES string of the molecule is Cc1ccc(SCC(=O)N2CC[NH+](CC(=O)Nc3cccc(F)c3)CC2)cc1C. The number of halogens is 1. The van der Waals surface area contributed by atoms with E-state index in [9.17, 15) is 14.0 Å². The van der Waals surface area contributed by atoms with Gasteiger partial charge in [0.2, 0.25) is 5.91 Å². The molecule has 0 unspecified atom stereocenters. The number of hydrogen-bond acceptors (Lipinski definition) is 3. The van der Waals surface area contributed by atoms with Gasteiger partial charge in [0, 0.05) is 10.6 Å². The number of piperazine rings is 1. The van der Waals surface area contributed by atoms with Crippen molar-refractivity contribution in [3.05, 3.63) is 59.4 Å². The Hall–Kier alpha value is -2.38. The van der Waals surface area contributed by atoms with E-state index in [2.05, 4.69) is 37.4 Å². The van der Waals surface area contributed by atoms with E-state index >= 15 is 0 Å². The molecule has 1 fully saturated rings. The summed E-state index contributed by atoms with van der Waals surface area (Å²) >= 11 is 1.57. The Morgan fingerprint density at radius 3 is 2.55 bits per heavy atom. The molecule has 1 heterocycles. The summed E-state index contributed by atoms with van der Waals surface area (Å²) in [4.78, 5) is 28.8. The lowest BCUT2D eigenvalue weighted by Gasteiger charge is -2.31. The maximum atomic E-state index is 13.2. The molecule has 0 bridgehead atoms. The monoisotopic (exact) mass is 416 g/mol. The van der Waals surface area contributed by atoms with Crippen LogP contribution in [0.4, 0.5) is 10.1 Å². The summed E-state index contributed by atoms with van der Waals surface area (Å²) in [5.74, 6) is 0.0471. The summed E-state index contributed by atoms with van der Waals surface area (Å²) in [5, 5.41) is 2.73. The van der Waals surface area contributed by atoms with Crippen LogP contribution in [0.2, 0.25) is 0 Å². The van der Waals surface area contributed by atoms with E-state index in [1.807, 2.05) is 4.90 Å². The predicted octanol–water partition coefficient (Wildman–Crippen LogP) is 1.90. The average molecular weight is 417 g/mol. The smallest absolute Gasteiger partial charge is 0.279 e. The third-order valence-electron chi connectivity index (χ3n) is 5.18. The molecule has 2 amide bonds. The fourth-order valence-electron chi connectivity index (χ4n) is 3.29. The van der Waals surface area contributed by atoms with Gasteiger partial charge in [-0.2, -0.15) is 0 Å². The molecule has 2 aromatic carbocycles. The van der Waals surface area contributed by atoms with E-state index < -0.39 is 0 Å². The highest BCUT2D eigenvalue weighted by atomic mass is 32.2. The number of amides is 2. The number of nitrogens with zero attached hydrogens (tertiary/aromatic N) is 1. The number of thioether (sulfide) groups is 1. The topological polar surface area (TPSA) is 53.9 Å². The van der Waals surface area contributed by atoms with Gasteiger partial charge in [-0.05, 0) is 55.3 Å². The Balaban J connectivity index is 1.40. The lowest BCUT2D eigenvalue weighted by Crippen LogP contribution is -3.15. The summed E-state index contributed by atoms with van der Waals surface area (Å²) in [6.45, 7) is 7.23. The molecule has 0 atom stereocenters. The van der Waals surface area contributed by atoms with Crippen molar-refractivity contribution in [2.45, 2.75) is 18.7 Å². The fraction of sp³-hybridized carbons (Fsp3) is 0.364. The molecule has 7 heteroatoms. The summed E-state index contributed by atoms with van der Waals surface area (Å²) in [5.41, 5.74) is 2.95. The Labute approximate surface area is 175 Å². The zero-order chi connectivity index (χ0) is 20.8. The third-order valence-corrected chi connectivity index (χ3v) is 6.16. The number of aryl methyl sites for hydroxylation is 2. The molecular weight excluding hydrogens is 389 g/mol. The average Bonchev–Trinajstić information content (AvgIpc) is 2.69. The maximum Gasteiger partial charge on any atom is 0.279 e. The van der Waals surface area contributed by atoms with Gasteiger partial charge in [-0.1, -0.05) is 12.1 Å². The van der Waals surface area contributed by atoms with Gasteiger partial charge in [0.15, 0.2) is 6.54 Å². The van der Waals surface area contributed by atoms with Gasteiger partial charge >= 0.3 is 0 Å². The van der Waals surface area contributed by atoms with Crippen LogP contribution in [-0.4, -0.2) is 55.2 Å². The van der Waals surface area contributed by atoms with E-state index in [-0.39, 0.29) is 17.6 Å². The van der Waals surface area contributed by atoms with Crippen LogP contribution >= 0.6 is 11.8 Å². The zero-order valence-electron chi connectivity index (χ0n) is 16.8. The lowest BCUT2D eigenvalue weighted by atomic mass is 10.1. The number of quaternary nitrogens is 1. The molecule has 0 aliphatic carbocycles. The van der Waals surface area contributed by atoms with Crippen LogP contribution < -0.4 is 10.2 Å². The van der Waals surface area contributed by atoms with E-state index in [1.165, 1.54) is 23.3 Å². The molecule has 0 aromatic heterocycles. The number of benzene rings is 2. The van der Waals surface area contributed by atoms with Crippen molar-refractivity contribution in [1.29, 1.82) is 0 Å². The second kappa shape index (κ2) is 9.89. The molecule has 1 aliphatic heterocycles. The first kappa shape index (κ1) is 21.3. The van der Waals surface area contributed by atoms with Gasteiger partial charge in [-0.25, -0.2) is 4.39 Å². The van der Waals surface area contributed by atoms with Gasteiger partial charge < -0.3 is 15.1 Å². The van der Waals surface area contributed by atoms with Gasteiger partial charge in [0.25, 0.3) is 5.91 Å². The number of nitrogens with one attached hydrogen (secondary N) is 2. The fourth-order valence-corrected chi connectivity index (χ4v) is 4.18. The van der Waals surface area contributed by atoms with Crippen molar-refractivity contribution in [2.24, 2.45) is 0 Å². The van der Waals surface area contributed by atoms with Crippen molar-refractivity contribution >= 4 is 29.3 Å². The lowest BCUT2D eigenvalue weighted by molar-refractivity contribution is -0.895. The van der Waals surface area contributed by atoms with Gasteiger partial charge in [-0.3, -0.25) is 9.59 Å². The van der Waals surface area contributed by atoms with Crippen molar-refractivity contribution < 1.29 is 18.9 Å². The molecule has 2 aromatic rings. The Bertz CT molecular complexity index is 882. The molecule has 0 spiro atoms. The highest BCUT2D eigenvalue weighted by Gasteiger charge is 2.25. The number of hydrogen-bond donors (Lipinski definition) is 2. The quantitative estimate of drug-likeness (QED) is 0.708. The van der Waals surface area contributed by atoms with Gasteiger partial charge in [0.1, 0.15) is 5.82 Å². The molecule has 0 radical (unpaired) electrons. The van der Waals surface area contributed by atoms with Crippen LogP contribution in [0, 0.1) is 19.7 Å². The summed E-state index contributed by atoms with van der Waals surface area (Å²) < 4.78 is 13.2.